The van der Waals surface area contributed by atoms with Crippen LogP contribution in [-0.2, 0) is 4.79 Å². The summed E-state index contributed by atoms with van der Waals surface area (Å²) in [5.74, 6) is -0.214. The Morgan fingerprint density at radius 3 is 2.22 bits per heavy atom. The Labute approximate surface area is 60.6 Å². The summed E-state index contributed by atoms with van der Waals surface area (Å²) in [6.07, 6.45) is -0.486. The number of alkyl halides is 3. The van der Waals surface area contributed by atoms with Crippen LogP contribution in [0.3, 0.4) is 0 Å². The van der Waals surface area contributed by atoms with Gasteiger partial charge in [-0.2, -0.15) is 8.78 Å². The molecule has 0 amide bonds. The Hall–Kier alpha value is 0.01000. The van der Waals surface area contributed by atoms with Gasteiger partial charge in [0.05, 0.1) is 0 Å². The molecule has 54 valence electrons. The van der Waals surface area contributed by atoms with Gasteiger partial charge in [0.2, 0.25) is 0 Å². The van der Waals surface area contributed by atoms with Crippen molar-refractivity contribution < 1.29 is 13.6 Å². The molecule has 0 saturated carbocycles. The zero-order valence-electron chi connectivity index (χ0n) is 4.96. The van der Waals surface area contributed by atoms with E-state index >= 15 is 0 Å². The molecule has 0 aliphatic carbocycles. The molecule has 0 N–H and O–H groups in total. The van der Waals surface area contributed by atoms with Gasteiger partial charge in [-0.3, -0.25) is 0 Å². The summed E-state index contributed by atoms with van der Waals surface area (Å²) in [6.45, 7) is 1.29. The largest absolute Gasteiger partial charge is 0.301 e. The highest BCUT2D eigenvalue weighted by molar-refractivity contribution is 9.09. The van der Waals surface area contributed by atoms with Gasteiger partial charge in [-0.05, 0) is 22.9 Å². The number of halogens is 3. The highest BCUT2D eigenvalue weighted by Crippen LogP contribution is 2.26. The highest BCUT2D eigenvalue weighted by Gasteiger charge is 2.23. The Morgan fingerprint density at radius 2 is 2.11 bits per heavy atom. The van der Waals surface area contributed by atoms with Crippen molar-refractivity contribution in [2.45, 2.75) is 24.6 Å². The monoisotopic (exact) mass is 200 g/mol. The second-order valence-electron chi connectivity index (χ2n) is 1.82. The number of hydrogen-bond donors (Lipinski definition) is 0. The van der Waals surface area contributed by atoms with Crippen LogP contribution in [-0.4, -0.2) is 10.6 Å². The van der Waals surface area contributed by atoms with Crippen molar-refractivity contribution in [2.75, 3.05) is 0 Å². The van der Waals surface area contributed by atoms with Crippen LogP contribution in [0, 0.1) is 0 Å². The van der Waals surface area contributed by atoms with E-state index in [0.29, 0.717) is 0 Å². The summed E-state index contributed by atoms with van der Waals surface area (Å²) in [5, 5.41) is 0. The molecule has 0 saturated heterocycles. The lowest BCUT2D eigenvalue weighted by Crippen LogP contribution is -2.06. The minimum absolute atomic E-state index is 0.0712. The molecule has 0 aliphatic rings. The Kier molecular flexibility index (Phi) is 3.25. The van der Waals surface area contributed by atoms with Crippen molar-refractivity contribution in [3.05, 3.63) is 0 Å². The van der Waals surface area contributed by atoms with Gasteiger partial charge in [0.1, 0.15) is 5.78 Å². The average molecular weight is 201 g/mol. The molecule has 0 fully saturated rings. The van der Waals surface area contributed by atoms with E-state index in [1.54, 1.807) is 0 Å². The predicted octanol–water partition coefficient (Wildman–Crippen LogP) is 2.34. The first-order chi connectivity index (χ1) is 3.92. The third-order valence-electron chi connectivity index (χ3n) is 0.761. The molecule has 0 atom stereocenters. The fraction of sp³-hybridized carbons (Fsp3) is 0.800. The van der Waals surface area contributed by atoms with E-state index < -0.39 is 11.3 Å². The van der Waals surface area contributed by atoms with Crippen LogP contribution in [0.2, 0.25) is 0 Å². The van der Waals surface area contributed by atoms with Crippen LogP contribution in [0.5, 0.6) is 0 Å². The molecule has 0 unspecified atom stereocenters. The number of ketones is 1. The van der Waals surface area contributed by atoms with Crippen molar-refractivity contribution in [2.24, 2.45) is 0 Å². The molecule has 0 heterocycles. The molecule has 4 heteroatoms. The molecular weight excluding hydrogens is 194 g/mol. The van der Waals surface area contributed by atoms with Gasteiger partial charge in [0, 0.05) is 12.8 Å². The van der Waals surface area contributed by atoms with E-state index in [-0.39, 0.29) is 12.2 Å². The predicted molar refractivity (Wildman–Crippen MR) is 33.8 cm³/mol. The molecular formula is C5H7BrF2O. The van der Waals surface area contributed by atoms with Crippen LogP contribution in [0.15, 0.2) is 0 Å². The van der Waals surface area contributed by atoms with Crippen molar-refractivity contribution in [1.82, 2.24) is 0 Å². The zero-order chi connectivity index (χ0) is 7.49. The Balaban J connectivity index is 3.39. The van der Waals surface area contributed by atoms with Crippen molar-refractivity contribution in [3.63, 3.8) is 0 Å². The van der Waals surface area contributed by atoms with Crippen molar-refractivity contribution in [3.8, 4) is 0 Å². The minimum Gasteiger partial charge on any atom is -0.300 e. The molecule has 0 aromatic carbocycles. The maximum atomic E-state index is 11.8. The third kappa shape index (κ3) is 8.01. The van der Waals surface area contributed by atoms with Crippen LogP contribution >= 0.6 is 15.9 Å². The molecule has 0 aromatic rings. The summed E-state index contributed by atoms with van der Waals surface area (Å²) >= 11 is 2.12. The molecule has 9 heavy (non-hydrogen) atoms. The van der Waals surface area contributed by atoms with E-state index in [1.807, 2.05) is 0 Å². The maximum absolute atomic E-state index is 11.8. The summed E-state index contributed by atoms with van der Waals surface area (Å²) in [7, 11) is 0. The van der Waals surface area contributed by atoms with Gasteiger partial charge < -0.3 is 4.79 Å². The van der Waals surface area contributed by atoms with Crippen LogP contribution < -0.4 is 0 Å². The fourth-order valence-electron chi connectivity index (χ4n) is 0.318. The molecule has 0 bridgehead atoms. The van der Waals surface area contributed by atoms with Gasteiger partial charge in [-0.1, -0.05) is 0 Å². The summed E-state index contributed by atoms with van der Waals surface area (Å²) < 4.78 is 23.7. The first-order valence-electron chi connectivity index (χ1n) is 2.48. The third-order valence-corrected chi connectivity index (χ3v) is 1.16. The van der Waals surface area contributed by atoms with Gasteiger partial charge >= 0.3 is 4.83 Å². The second-order valence-corrected chi connectivity index (χ2v) is 2.98. The molecule has 0 rings (SSSR count). The maximum Gasteiger partial charge on any atom is 0.301 e. The van der Waals surface area contributed by atoms with Crippen LogP contribution in [0.25, 0.3) is 0 Å². The van der Waals surface area contributed by atoms with Crippen LogP contribution in [0.1, 0.15) is 19.8 Å². The van der Waals surface area contributed by atoms with E-state index in [4.69, 9.17) is 0 Å². The minimum atomic E-state index is -2.88. The normalized spacial score (nSPS) is 11.6. The summed E-state index contributed by atoms with van der Waals surface area (Å²) in [6, 6.07) is 0. The van der Waals surface area contributed by atoms with Crippen molar-refractivity contribution in [1.29, 1.82) is 0 Å². The molecule has 0 radical (unpaired) electrons. The van der Waals surface area contributed by atoms with E-state index in [0.717, 1.165) is 0 Å². The van der Waals surface area contributed by atoms with E-state index in [1.165, 1.54) is 6.92 Å². The zero-order valence-corrected chi connectivity index (χ0v) is 6.54. The Morgan fingerprint density at radius 1 is 1.67 bits per heavy atom. The van der Waals surface area contributed by atoms with Gasteiger partial charge in [-0.15, -0.1) is 0 Å². The average Bonchev–Trinajstić information content (AvgIpc) is 1.59. The number of carbonyl (C=O) groups is 1. The lowest BCUT2D eigenvalue weighted by Gasteiger charge is -2.04. The Bertz CT molecular complexity index is 108. The molecule has 0 aromatic heterocycles. The van der Waals surface area contributed by atoms with Gasteiger partial charge in [0.15, 0.2) is 0 Å². The SMILES string of the molecule is CC(=O)CCC(F)(F)Br. The molecule has 0 spiro atoms. The first-order valence-corrected chi connectivity index (χ1v) is 3.27. The first kappa shape index (κ1) is 9.01. The quantitative estimate of drug-likeness (QED) is 0.640. The molecule has 0 aliphatic heterocycles. The van der Waals surface area contributed by atoms with E-state index in [9.17, 15) is 13.6 Å². The number of carbonyl (C=O) groups excluding carboxylic acids is 1. The number of rotatable bonds is 3. The lowest BCUT2D eigenvalue weighted by atomic mass is 10.2. The number of hydrogen-bond acceptors (Lipinski definition) is 1. The fourth-order valence-corrected chi connectivity index (χ4v) is 0.516. The van der Waals surface area contributed by atoms with Crippen molar-refractivity contribution >= 4 is 21.7 Å². The number of Topliss-reactive ketones (excluding diaryl/α,β-unsaturated/α-hetero) is 1. The standard InChI is InChI=1S/C5H7BrF2O/c1-4(9)2-3-5(6,7)8/h2-3H2,1H3. The smallest absolute Gasteiger partial charge is 0.300 e. The van der Waals surface area contributed by atoms with E-state index in [2.05, 4.69) is 15.9 Å². The second kappa shape index (κ2) is 3.25. The topological polar surface area (TPSA) is 17.1 Å². The summed E-state index contributed by atoms with van der Waals surface area (Å²) in [5.41, 5.74) is 0. The van der Waals surface area contributed by atoms with Gasteiger partial charge in [-0.25, -0.2) is 0 Å². The molecule has 1 nitrogen and oxygen atoms in total. The summed E-state index contributed by atoms with van der Waals surface area (Å²) in [4.78, 5) is 7.26. The highest BCUT2D eigenvalue weighted by atomic mass is 79.9. The lowest BCUT2D eigenvalue weighted by molar-refractivity contribution is -0.117. The van der Waals surface area contributed by atoms with Crippen LogP contribution in [0.4, 0.5) is 8.78 Å². The van der Waals surface area contributed by atoms with Gasteiger partial charge in [0.25, 0.3) is 0 Å².